The summed E-state index contributed by atoms with van der Waals surface area (Å²) in [5.74, 6) is 0.614. The molecule has 154 valence electrons. The second-order valence-electron chi connectivity index (χ2n) is 6.05. The standard InChI is InChI=1S/C19H27N5O2S.HI/c1-4-16-7-9-17(10-8-16)15(2)24-19(20-3)22-12-13-23-27(25,26)18-6-5-11-21-14-18;/h5-11,14-15,23H,4,12-13H2,1-3H3,(H2,20,22,24);1H. The number of guanidine groups is 1. The van der Waals surface area contributed by atoms with Crippen LogP contribution in [0, 0.1) is 0 Å². The molecular weight excluding hydrogens is 489 g/mol. The van der Waals surface area contributed by atoms with Crippen LogP contribution in [0.3, 0.4) is 0 Å². The van der Waals surface area contributed by atoms with E-state index in [4.69, 9.17) is 0 Å². The summed E-state index contributed by atoms with van der Waals surface area (Å²) in [6, 6.07) is 11.6. The van der Waals surface area contributed by atoms with Crippen molar-refractivity contribution in [2.24, 2.45) is 4.99 Å². The van der Waals surface area contributed by atoms with E-state index < -0.39 is 10.0 Å². The first kappa shape index (κ1) is 24.3. The van der Waals surface area contributed by atoms with Gasteiger partial charge in [-0.3, -0.25) is 9.98 Å². The van der Waals surface area contributed by atoms with Crippen molar-refractivity contribution in [3.05, 3.63) is 59.9 Å². The van der Waals surface area contributed by atoms with Crippen LogP contribution in [0.15, 0.2) is 58.7 Å². The lowest BCUT2D eigenvalue weighted by molar-refractivity contribution is 0.579. The first-order valence-corrected chi connectivity index (χ1v) is 10.4. The smallest absolute Gasteiger partial charge is 0.242 e. The van der Waals surface area contributed by atoms with Gasteiger partial charge in [0.1, 0.15) is 4.90 Å². The molecule has 0 radical (unpaired) electrons. The van der Waals surface area contributed by atoms with E-state index in [0.717, 1.165) is 12.0 Å². The average Bonchev–Trinajstić information content (AvgIpc) is 2.70. The van der Waals surface area contributed by atoms with E-state index in [1.54, 1.807) is 13.1 Å². The number of rotatable bonds is 8. The maximum Gasteiger partial charge on any atom is 0.242 e. The fourth-order valence-electron chi connectivity index (χ4n) is 2.48. The summed E-state index contributed by atoms with van der Waals surface area (Å²) in [7, 11) is -1.87. The minimum absolute atomic E-state index is 0. The Hall–Kier alpha value is -1.72. The normalized spacial score (nSPS) is 12.8. The summed E-state index contributed by atoms with van der Waals surface area (Å²) >= 11 is 0. The van der Waals surface area contributed by atoms with Crippen LogP contribution < -0.4 is 15.4 Å². The maximum atomic E-state index is 12.1. The third-order valence-electron chi connectivity index (χ3n) is 4.12. The number of nitrogens with zero attached hydrogens (tertiary/aromatic N) is 2. The lowest BCUT2D eigenvalue weighted by atomic mass is 10.1. The minimum Gasteiger partial charge on any atom is -0.355 e. The molecule has 1 atom stereocenters. The van der Waals surface area contributed by atoms with Gasteiger partial charge in [-0.2, -0.15) is 0 Å². The van der Waals surface area contributed by atoms with E-state index in [9.17, 15) is 8.42 Å². The highest BCUT2D eigenvalue weighted by molar-refractivity contribution is 14.0. The Morgan fingerprint density at radius 3 is 2.46 bits per heavy atom. The van der Waals surface area contributed by atoms with Gasteiger partial charge in [0.05, 0.1) is 6.04 Å². The van der Waals surface area contributed by atoms with Gasteiger partial charge in [0.25, 0.3) is 0 Å². The number of halogens is 1. The molecule has 1 unspecified atom stereocenters. The van der Waals surface area contributed by atoms with Crippen molar-refractivity contribution in [2.75, 3.05) is 20.1 Å². The Kier molecular flexibility index (Phi) is 10.4. The van der Waals surface area contributed by atoms with Crippen LogP contribution in [0.4, 0.5) is 0 Å². The van der Waals surface area contributed by atoms with Crippen molar-refractivity contribution in [1.29, 1.82) is 0 Å². The van der Waals surface area contributed by atoms with Crippen molar-refractivity contribution >= 4 is 40.0 Å². The van der Waals surface area contributed by atoms with Crippen molar-refractivity contribution in [3.8, 4) is 0 Å². The largest absolute Gasteiger partial charge is 0.355 e. The Morgan fingerprint density at radius 2 is 1.89 bits per heavy atom. The van der Waals surface area contributed by atoms with E-state index in [0.29, 0.717) is 12.5 Å². The van der Waals surface area contributed by atoms with Gasteiger partial charge in [-0.25, -0.2) is 13.1 Å². The Morgan fingerprint density at radius 1 is 1.18 bits per heavy atom. The molecule has 0 fully saturated rings. The number of aromatic nitrogens is 1. The molecular formula is C19H28IN5O2S. The number of aryl methyl sites for hydroxylation is 1. The molecule has 0 saturated carbocycles. The predicted molar refractivity (Wildman–Crippen MR) is 124 cm³/mol. The molecule has 2 aromatic rings. The van der Waals surface area contributed by atoms with Crippen molar-refractivity contribution in [2.45, 2.75) is 31.2 Å². The summed E-state index contributed by atoms with van der Waals surface area (Å²) in [4.78, 5) is 8.17. The van der Waals surface area contributed by atoms with Gasteiger partial charge in [0.15, 0.2) is 5.96 Å². The van der Waals surface area contributed by atoms with Crippen LogP contribution in [-0.4, -0.2) is 39.5 Å². The zero-order valence-electron chi connectivity index (χ0n) is 16.3. The number of pyridine rings is 1. The Balaban J connectivity index is 0.00000392. The molecule has 0 aliphatic rings. The molecule has 0 aliphatic heterocycles. The number of hydrogen-bond acceptors (Lipinski definition) is 4. The Bertz CT molecular complexity index is 842. The van der Waals surface area contributed by atoms with E-state index >= 15 is 0 Å². The second-order valence-corrected chi connectivity index (χ2v) is 7.81. The molecule has 1 aromatic heterocycles. The lowest BCUT2D eigenvalue weighted by Crippen LogP contribution is -2.42. The van der Waals surface area contributed by atoms with Gasteiger partial charge in [-0.1, -0.05) is 31.2 Å². The number of hydrogen-bond donors (Lipinski definition) is 3. The molecule has 9 heteroatoms. The first-order chi connectivity index (χ1) is 13.0. The molecule has 2 rings (SSSR count). The van der Waals surface area contributed by atoms with Gasteiger partial charge in [-0.05, 0) is 36.6 Å². The zero-order chi connectivity index (χ0) is 19.7. The van der Waals surface area contributed by atoms with Crippen molar-refractivity contribution in [3.63, 3.8) is 0 Å². The highest BCUT2D eigenvalue weighted by atomic mass is 127. The first-order valence-electron chi connectivity index (χ1n) is 8.92. The maximum absolute atomic E-state index is 12.1. The van der Waals surface area contributed by atoms with E-state index in [1.807, 2.05) is 0 Å². The van der Waals surface area contributed by atoms with Gasteiger partial charge < -0.3 is 10.6 Å². The van der Waals surface area contributed by atoms with Crippen LogP contribution in [-0.2, 0) is 16.4 Å². The summed E-state index contributed by atoms with van der Waals surface area (Å²) in [5, 5.41) is 6.41. The summed E-state index contributed by atoms with van der Waals surface area (Å²) in [5.41, 5.74) is 2.46. The van der Waals surface area contributed by atoms with Crippen LogP contribution >= 0.6 is 24.0 Å². The quantitative estimate of drug-likeness (QED) is 0.217. The fourth-order valence-corrected chi connectivity index (χ4v) is 3.48. The highest BCUT2D eigenvalue weighted by Crippen LogP contribution is 2.13. The van der Waals surface area contributed by atoms with E-state index in [1.165, 1.54) is 24.0 Å². The molecule has 1 aromatic carbocycles. The fraction of sp³-hybridized carbons (Fsp3) is 0.368. The van der Waals surface area contributed by atoms with E-state index in [2.05, 4.69) is 63.4 Å². The van der Waals surface area contributed by atoms with Crippen molar-refractivity contribution < 1.29 is 8.42 Å². The van der Waals surface area contributed by atoms with Crippen LogP contribution in [0.25, 0.3) is 0 Å². The van der Waals surface area contributed by atoms with Gasteiger partial charge in [0.2, 0.25) is 10.0 Å². The molecule has 0 amide bonds. The SMILES string of the molecule is CCc1ccc(C(C)NC(=NC)NCCNS(=O)(=O)c2cccnc2)cc1.I. The van der Waals surface area contributed by atoms with E-state index in [-0.39, 0.29) is 41.5 Å². The van der Waals surface area contributed by atoms with Crippen LogP contribution in [0.5, 0.6) is 0 Å². The number of aliphatic imine (C=N–C) groups is 1. The summed E-state index contributed by atoms with van der Waals surface area (Å²) in [6.45, 7) is 4.82. The highest BCUT2D eigenvalue weighted by Gasteiger charge is 2.13. The number of sulfonamides is 1. The van der Waals surface area contributed by atoms with Gasteiger partial charge in [0, 0.05) is 32.5 Å². The molecule has 28 heavy (non-hydrogen) atoms. The Labute approximate surface area is 184 Å². The molecule has 0 bridgehead atoms. The van der Waals surface area contributed by atoms with Gasteiger partial charge >= 0.3 is 0 Å². The van der Waals surface area contributed by atoms with Gasteiger partial charge in [-0.15, -0.1) is 24.0 Å². The second kappa shape index (κ2) is 12.0. The molecule has 0 saturated heterocycles. The predicted octanol–water partition coefficient (Wildman–Crippen LogP) is 2.47. The molecule has 3 N–H and O–H groups in total. The number of nitrogens with one attached hydrogen (secondary N) is 3. The monoisotopic (exact) mass is 517 g/mol. The average molecular weight is 517 g/mol. The molecule has 7 nitrogen and oxygen atoms in total. The summed E-state index contributed by atoms with van der Waals surface area (Å²) < 4.78 is 26.8. The third kappa shape index (κ3) is 7.36. The zero-order valence-corrected chi connectivity index (χ0v) is 19.5. The van der Waals surface area contributed by atoms with Crippen molar-refractivity contribution in [1.82, 2.24) is 20.3 Å². The minimum atomic E-state index is -3.55. The molecule has 1 heterocycles. The van der Waals surface area contributed by atoms with Crippen LogP contribution in [0.2, 0.25) is 0 Å². The third-order valence-corrected chi connectivity index (χ3v) is 5.57. The topological polar surface area (TPSA) is 95.5 Å². The van der Waals surface area contributed by atoms with Crippen LogP contribution in [0.1, 0.15) is 31.0 Å². The lowest BCUT2D eigenvalue weighted by Gasteiger charge is -2.18. The number of benzene rings is 1. The molecule has 0 aliphatic carbocycles. The molecule has 0 spiro atoms. The summed E-state index contributed by atoms with van der Waals surface area (Å²) in [6.07, 6.45) is 3.87.